The molecule has 6 saturated carbocycles. The van der Waals surface area contributed by atoms with Gasteiger partial charge in [0.2, 0.25) is 0 Å². The lowest BCUT2D eigenvalue weighted by Gasteiger charge is -2.59. The first-order valence-corrected chi connectivity index (χ1v) is 41.4. The lowest BCUT2D eigenvalue weighted by Crippen LogP contribution is -2.58. The number of ether oxygens (including phenoxy) is 5. The summed E-state index contributed by atoms with van der Waals surface area (Å²) in [5.41, 5.74) is 6.28. The van der Waals surface area contributed by atoms with Crippen LogP contribution in [0.5, 0.6) is 23.0 Å². The summed E-state index contributed by atoms with van der Waals surface area (Å²) >= 11 is 0. The number of hydrogen-bond donors (Lipinski definition) is 3. The molecule has 0 aliphatic heterocycles. The molecule has 11 heteroatoms. The van der Waals surface area contributed by atoms with Gasteiger partial charge in [-0.2, -0.15) is 0 Å². The molecular weight excluding hydrogens is 1310 g/mol. The molecule has 105 heavy (non-hydrogen) atoms. The Labute approximate surface area is 639 Å². The van der Waals surface area contributed by atoms with Crippen LogP contribution in [-0.2, 0) is 33.3 Å². The second kappa shape index (κ2) is 48.9. The van der Waals surface area contributed by atoms with Crippen LogP contribution in [0.25, 0.3) is 0 Å². The van der Waals surface area contributed by atoms with Gasteiger partial charge < -0.3 is 39.0 Å². The Morgan fingerprint density at radius 1 is 0.381 bits per heavy atom. The number of esters is 3. The highest BCUT2D eigenvalue weighted by Crippen LogP contribution is 2.59. The van der Waals surface area contributed by atoms with E-state index in [4.69, 9.17) is 39.0 Å². The zero-order valence-corrected chi connectivity index (χ0v) is 69.7. The Bertz CT molecular complexity index is 2940. The Kier molecular flexibility index (Phi) is 43.2. The fourth-order valence-electron chi connectivity index (χ4n) is 14.4. The molecule has 6 aliphatic carbocycles. The van der Waals surface area contributed by atoms with Crippen LogP contribution in [0.4, 0.5) is 0 Å². The summed E-state index contributed by atoms with van der Waals surface area (Å²) in [5, 5.41) is 27.0. The summed E-state index contributed by atoms with van der Waals surface area (Å²) in [7, 11) is 0. The summed E-state index contributed by atoms with van der Waals surface area (Å²) in [4.78, 5) is 35.4. The number of carbonyl (C=O) groups is 3. The van der Waals surface area contributed by atoms with Crippen molar-refractivity contribution in [1.29, 1.82) is 0 Å². The van der Waals surface area contributed by atoms with E-state index in [0.29, 0.717) is 65.3 Å². The van der Waals surface area contributed by atoms with Gasteiger partial charge in [-0.1, -0.05) is 203 Å². The molecule has 6 fully saturated rings. The summed E-state index contributed by atoms with van der Waals surface area (Å²) in [6.45, 7) is 44.9. The van der Waals surface area contributed by atoms with Crippen LogP contribution >= 0.6 is 0 Å². The first-order valence-electron chi connectivity index (χ1n) is 41.4. The smallest absolute Gasteiger partial charge is 0.309 e. The van der Waals surface area contributed by atoms with E-state index in [1.54, 1.807) is 36.4 Å². The molecule has 0 saturated heterocycles. The van der Waals surface area contributed by atoms with Crippen LogP contribution in [0, 0.1) is 41.4 Å². The number of hydrogen-bond acceptors (Lipinski definition) is 11. The Morgan fingerprint density at radius 3 is 1.02 bits per heavy atom. The van der Waals surface area contributed by atoms with Crippen molar-refractivity contribution in [3.8, 4) is 23.0 Å². The third kappa shape index (κ3) is 32.6. The van der Waals surface area contributed by atoms with Gasteiger partial charge in [0.15, 0.2) is 6.29 Å². The molecular formula is C94H148O11. The van der Waals surface area contributed by atoms with E-state index in [1.807, 2.05) is 97.0 Å². The van der Waals surface area contributed by atoms with Crippen molar-refractivity contribution < 1.29 is 53.4 Å². The fraction of sp³-hybridized carbons (Fsp3) is 0.649. The molecule has 0 heterocycles. The zero-order chi connectivity index (χ0) is 78.3. The maximum Gasteiger partial charge on any atom is 0.309 e. The molecule has 3 N–H and O–H groups in total. The SMILES string of the molecule is CCC(C)C(=O)OC1(C)C2CC3CC(C2)CC1C3.CCC(C)C(=O)OC1(C)CCCCC1.CCC(C)C(=O)OC1(CC)CCCC1.CCC(C)c1ccc(O)cc1.CCC(C)c1ccc(O)cc1.CCC(C)c1ccc(O)cc1.CCC(C)c1ccccc1.CCOC(C)Oc1ccc(C(C)CC)cc1. The maximum absolute atomic E-state index is 12.1. The van der Waals surface area contributed by atoms with Gasteiger partial charge >= 0.3 is 17.9 Å². The molecule has 6 aliphatic rings. The highest BCUT2D eigenvalue weighted by molar-refractivity contribution is 5.73. The number of carbonyl (C=O) groups excluding carboxylic acids is 3. The summed E-state index contributed by atoms with van der Waals surface area (Å²) < 4.78 is 28.2. The molecule has 11 nitrogen and oxygen atoms in total. The van der Waals surface area contributed by atoms with E-state index >= 15 is 0 Å². The van der Waals surface area contributed by atoms with E-state index in [9.17, 15) is 14.4 Å². The van der Waals surface area contributed by atoms with Gasteiger partial charge in [0.1, 0.15) is 39.8 Å². The van der Waals surface area contributed by atoms with Crippen LogP contribution < -0.4 is 4.74 Å². The third-order valence-electron chi connectivity index (χ3n) is 23.8. The van der Waals surface area contributed by atoms with E-state index in [-0.39, 0.29) is 58.8 Å². The van der Waals surface area contributed by atoms with Crippen molar-refractivity contribution in [2.45, 2.75) is 346 Å². The Balaban J connectivity index is 0.000000314. The van der Waals surface area contributed by atoms with Crippen LogP contribution in [-0.4, -0.2) is 62.9 Å². The van der Waals surface area contributed by atoms with Crippen LogP contribution in [0.3, 0.4) is 0 Å². The Morgan fingerprint density at radius 2 is 0.695 bits per heavy atom. The second-order valence-corrected chi connectivity index (χ2v) is 31.9. The fourth-order valence-corrected chi connectivity index (χ4v) is 14.4. The van der Waals surface area contributed by atoms with Gasteiger partial charge in [0.05, 0.1) is 17.8 Å². The molecule has 0 radical (unpaired) electrons. The standard InChI is InChI=1S/C16H26O2.C14H22O2.2C12H22O2.3C10H14O.C10H14/c1-4-10(2)15(17)18-16(3)13-6-11-5-12(8-13)9-14(16)7-11;1-5-11(3)13-7-9-14(10-8-13)16-12(4)15-6-2;1-4-10(2)11(13)14-12(3)8-6-5-7-9-12;1-4-10(3)11(13)14-12(5-2)8-6-7-9-12;3*1-3-8(2)9-4-6-10(11)7-5-9;1-3-9(2)10-7-5-4-6-8-10/h10-14H,4-9H2,1-3H3;7-12H,5-6H2,1-4H3;2*10H,4-9H2,1-3H3;3*4-8,11H,3H2,1-2H3;4-9H,3H2,1-2H3. The van der Waals surface area contributed by atoms with Crippen molar-refractivity contribution in [1.82, 2.24) is 0 Å². The summed E-state index contributed by atoms with van der Waals surface area (Å²) in [6.07, 6.45) is 26.2. The van der Waals surface area contributed by atoms with Crippen molar-refractivity contribution in [3.63, 3.8) is 0 Å². The lowest BCUT2D eigenvalue weighted by atomic mass is 9.50. The number of aromatic hydroxyl groups is 3. The second-order valence-electron chi connectivity index (χ2n) is 31.9. The average Bonchev–Trinajstić information content (AvgIpc) is 0.929. The van der Waals surface area contributed by atoms with Crippen molar-refractivity contribution in [2.24, 2.45) is 41.4 Å². The normalized spacial score (nSPS) is 21.5. The number of phenolic OH excluding ortho intramolecular Hbond substituents is 3. The van der Waals surface area contributed by atoms with Crippen LogP contribution in [0.15, 0.2) is 127 Å². The topological polar surface area (TPSA) is 158 Å². The minimum Gasteiger partial charge on any atom is -0.508 e. The molecule has 0 spiro atoms. The van der Waals surface area contributed by atoms with Crippen molar-refractivity contribution >= 4 is 17.9 Å². The molecule has 11 rings (SSSR count). The summed E-state index contributed by atoms with van der Waals surface area (Å²) in [6, 6.07) is 41.2. The molecule has 5 aromatic carbocycles. The van der Waals surface area contributed by atoms with E-state index in [1.165, 1.54) is 98.4 Å². The summed E-state index contributed by atoms with van der Waals surface area (Å²) in [5.74, 6) is 8.32. The van der Waals surface area contributed by atoms with Gasteiger partial charge in [0, 0.05) is 6.61 Å². The Hall–Kier alpha value is -6.33. The largest absolute Gasteiger partial charge is 0.508 e. The van der Waals surface area contributed by atoms with Gasteiger partial charge in [-0.15, -0.1) is 0 Å². The first kappa shape index (κ1) is 92.9. The number of benzene rings is 5. The molecule has 590 valence electrons. The quantitative estimate of drug-likeness (QED) is 0.0307. The molecule has 0 amide bonds. The molecule has 4 bridgehead atoms. The van der Waals surface area contributed by atoms with E-state index in [0.717, 1.165) is 94.6 Å². The van der Waals surface area contributed by atoms with E-state index in [2.05, 4.69) is 139 Å². The predicted molar refractivity (Wildman–Crippen MR) is 438 cm³/mol. The molecule has 9 atom stereocenters. The predicted octanol–water partition coefficient (Wildman–Crippen LogP) is 26.3. The molecule has 5 aromatic rings. The maximum atomic E-state index is 12.1. The highest BCUT2D eigenvalue weighted by atomic mass is 16.7. The lowest BCUT2D eigenvalue weighted by molar-refractivity contribution is -0.206. The highest BCUT2D eigenvalue weighted by Gasteiger charge is 2.57. The van der Waals surface area contributed by atoms with Gasteiger partial charge in [-0.3, -0.25) is 14.4 Å². The molecule has 9 unspecified atom stereocenters. The zero-order valence-electron chi connectivity index (χ0n) is 69.7. The van der Waals surface area contributed by atoms with E-state index < -0.39 is 0 Å². The van der Waals surface area contributed by atoms with Gasteiger partial charge in [-0.25, -0.2) is 0 Å². The first-order chi connectivity index (χ1) is 50.0. The minimum absolute atomic E-state index is 0.00347. The molecule has 0 aromatic heterocycles. The minimum atomic E-state index is -0.181. The van der Waals surface area contributed by atoms with Gasteiger partial charge in [-0.05, 0) is 299 Å². The third-order valence-corrected chi connectivity index (χ3v) is 23.8. The van der Waals surface area contributed by atoms with Crippen LogP contribution in [0.1, 0.15) is 350 Å². The monoisotopic (exact) mass is 1450 g/mol. The number of phenols is 3. The van der Waals surface area contributed by atoms with Gasteiger partial charge in [0.25, 0.3) is 0 Å². The average molecular weight is 1450 g/mol. The number of rotatable bonds is 24. The van der Waals surface area contributed by atoms with Crippen molar-refractivity contribution in [3.05, 3.63) is 155 Å². The van der Waals surface area contributed by atoms with Crippen molar-refractivity contribution in [2.75, 3.05) is 6.61 Å². The van der Waals surface area contributed by atoms with Crippen LogP contribution in [0.2, 0.25) is 0 Å².